The van der Waals surface area contributed by atoms with E-state index >= 15 is 0 Å². The molecule has 1 aliphatic heterocycles. The van der Waals surface area contributed by atoms with Crippen LogP contribution in [0.4, 0.5) is 0 Å². The number of nitrogens with zero attached hydrogens (tertiary/aromatic N) is 1. The Bertz CT molecular complexity index is 358. The molecule has 0 aromatic heterocycles. The highest BCUT2D eigenvalue weighted by molar-refractivity contribution is 5.88. The topological polar surface area (TPSA) is 32.3 Å². The van der Waals surface area contributed by atoms with Crippen LogP contribution < -0.4 is 5.32 Å². The predicted molar refractivity (Wildman–Crippen MR) is 81.2 cm³/mol. The third kappa shape index (κ3) is 2.49. The summed E-state index contributed by atoms with van der Waals surface area (Å²) in [6.45, 7) is 5.24. The van der Waals surface area contributed by atoms with Crippen molar-refractivity contribution in [2.45, 2.75) is 83.3 Å². The standard InChI is InChI=1S/C17H30N2O/c1-3-17(2)16(20)19(12-13-8-4-5-9-13)15(18-17)14-10-6-7-11-14/h13-15,18H,3-12H2,1-2H3. The first-order chi connectivity index (χ1) is 9.64. The fraction of sp³-hybridized carbons (Fsp3) is 0.941. The van der Waals surface area contributed by atoms with E-state index in [1.165, 1.54) is 51.4 Å². The molecular weight excluding hydrogens is 248 g/mol. The number of amides is 1. The average molecular weight is 278 g/mol. The Labute approximate surface area is 123 Å². The maximum absolute atomic E-state index is 12.9. The highest BCUT2D eigenvalue weighted by atomic mass is 16.2. The highest BCUT2D eigenvalue weighted by Crippen LogP contribution is 2.37. The third-order valence-electron chi connectivity index (χ3n) is 6.02. The minimum Gasteiger partial charge on any atom is -0.325 e. The molecule has 3 heteroatoms. The van der Waals surface area contributed by atoms with Crippen molar-refractivity contribution in [3.63, 3.8) is 0 Å². The second-order valence-corrected chi connectivity index (χ2v) is 7.43. The number of carbonyl (C=O) groups excluding carboxylic acids is 1. The minimum absolute atomic E-state index is 0.314. The van der Waals surface area contributed by atoms with Crippen molar-refractivity contribution in [3.05, 3.63) is 0 Å². The maximum atomic E-state index is 12.9. The van der Waals surface area contributed by atoms with Crippen molar-refractivity contribution in [2.24, 2.45) is 11.8 Å². The summed E-state index contributed by atoms with van der Waals surface area (Å²) in [4.78, 5) is 15.1. The van der Waals surface area contributed by atoms with E-state index in [-0.39, 0.29) is 5.54 Å². The van der Waals surface area contributed by atoms with Gasteiger partial charge < -0.3 is 4.90 Å². The van der Waals surface area contributed by atoms with Gasteiger partial charge in [0.05, 0.1) is 11.7 Å². The summed E-state index contributed by atoms with van der Waals surface area (Å²) in [6.07, 6.45) is 11.9. The van der Waals surface area contributed by atoms with E-state index in [0.717, 1.165) is 18.9 Å². The number of nitrogens with one attached hydrogen (secondary N) is 1. The van der Waals surface area contributed by atoms with E-state index in [0.29, 0.717) is 18.0 Å². The molecule has 3 aliphatic rings. The molecule has 0 spiro atoms. The second-order valence-electron chi connectivity index (χ2n) is 7.43. The Morgan fingerprint density at radius 2 is 1.75 bits per heavy atom. The maximum Gasteiger partial charge on any atom is 0.243 e. The molecule has 0 aromatic carbocycles. The molecule has 2 atom stereocenters. The molecule has 0 bridgehead atoms. The van der Waals surface area contributed by atoms with Crippen molar-refractivity contribution in [1.82, 2.24) is 10.2 Å². The van der Waals surface area contributed by atoms with Gasteiger partial charge in [0.25, 0.3) is 0 Å². The van der Waals surface area contributed by atoms with E-state index < -0.39 is 0 Å². The van der Waals surface area contributed by atoms with E-state index in [2.05, 4.69) is 24.1 Å². The number of hydrogen-bond acceptors (Lipinski definition) is 2. The van der Waals surface area contributed by atoms with Gasteiger partial charge in [-0.15, -0.1) is 0 Å². The van der Waals surface area contributed by atoms with Crippen LogP contribution in [0.5, 0.6) is 0 Å². The first-order valence-corrected chi connectivity index (χ1v) is 8.73. The van der Waals surface area contributed by atoms with Crippen molar-refractivity contribution in [1.29, 1.82) is 0 Å². The van der Waals surface area contributed by atoms with E-state index in [1.807, 2.05) is 0 Å². The van der Waals surface area contributed by atoms with Crippen LogP contribution in [0.25, 0.3) is 0 Å². The normalized spacial score (nSPS) is 36.4. The summed E-state index contributed by atoms with van der Waals surface area (Å²) in [7, 11) is 0. The zero-order chi connectivity index (χ0) is 14.2. The molecule has 3 nitrogen and oxygen atoms in total. The average Bonchev–Trinajstić information content (AvgIpc) is 3.16. The Morgan fingerprint density at radius 3 is 2.35 bits per heavy atom. The molecule has 114 valence electrons. The smallest absolute Gasteiger partial charge is 0.243 e. The second kappa shape index (κ2) is 5.67. The molecule has 1 N–H and O–H groups in total. The first-order valence-electron chi connectivity index (χ1n) is 8.73. The van der Waals surface area contributed by atoms with Crippen LogP contribution in [0.1, 0.15) is 71.6 Å². The number of rotatable bonds is 4. The zero-order valence-corrected chi connectivity index (χ0v) is 13.2. The van der Waals surface area contributed by atoms with Gasteiger partial charge in [0.1, 0.15) is 0 Å². The van der Waals surface area contributed by atoms with Gasteiger partial charge in [-0.2, -0.15) is 0 Å². The Morgan fingerprint density at radius 1 is 1.15 bits per heavy atom. The van der Waals surface area contributed by atoms with Crippen molar-refractivity contribution in [3.8, 4) is 0 Å². The van der Waals surface area contributed by atoms with Crippen molar-refractivity contribution in [2.75, 3.05) is 6.54 Å². The van der Waals surface area contributed by atoms with Gasteiger partial charge in [0.15, 0.2) is 0 Å². The van der Waals surface area contributed by atoms with Crippen LogP contribution >= 0.6 is 0 Å². The number of hydrogen-bond donors (Lipinski definition) is 1. The molecule has 2 saturated carbocycles. The van der Waals surface area contributed by atoms with Gasteiger partial charge in [-0.25, -0.2) is 0 Å². The molecule has 0 aromatic rings. The van der Waals surface area contributed by atoms with E-state index in [1.54, 1.807) is 0 Å². The van der Waals surface area contributed by atoms with Gasteiger partial charge in [0, 0.05) is 6.54 Å². The minimum atomic E-state index is -0.314. The zero-order valence-electron chi connectivity index (χ0n) is 13.2. The molecule has 1 amide bonds. The van der Waals surface area contributed by atoms with Crippen LogP contribution in [0.3, 0.4) is 0 Å². The van der Waals surface area contributed by atoms with Crippen molar-refractivity contribution >= 4 is 5.91 Å². The summed E-state index contributed by atoms with van der Waals surface area (Å²) in [6, 6.07) is 0. The quantitative estimate of drug-likeness (QED) is 0.856. The van der Waals surface area contributed by atoms with Crippen LogP contribution in [-0.2, 0) is 4.79 Å². The summed E-state index contributed by atoms with van der Waals surface area (Å²) < 4.78 is 0. The van der Waals surface area contributed by atoms with Crippen LogP contribution in [-0.4, -0.2) is 29.1 Å². The van der Waals surface area contributed by atoms with Gasteiger partial charge in [-0.1, -0.05) is 32.6 Å². The third-order valence-corrected chi connectivity index (χ3v) is 6.02. The molecule has 2 aliphatic carbocycles. The Kier molecular flexibility index (Phi) is 4.07. The lowest BCUT2D eigenvalue weighted by Crippen LogP contribution is -2.45. The lowest BCUT2D eigenvalue weighted by Gasteiger charge is -2.31. The van der Waals surface area contributed by atoms with Crippen LogP contribution in [0.2, 0.25) is 0 Å². The van der Waals surface area contributed by atoms with Gasteiger partial charge >= 0.3 is 0 Å². The van der Waals surface area contributed by atoms with Crippen LogP contribution in [0.15, 0.2) is 0 Å². The molecular formula is C17H30N2O. The predicted octanol–water partition coefficient (Wildman–Crippen LogP) is 3.29. The molecule has 20 heavy (non-hydrogen) atoms. The van der Waals surface area contributed by atoms with E-state index in [9.17, 15) is 4.79 Å². The van der Waals surface area contributed by atoms with Crippen LogP contribution in [0, 0.1) is 11.8 Å². The van der Waals surface area contributed by atoms with Crippen molar-refractivity contribution < 1.29 is 4.79 Å². The molecule has 2 unspecified atom stereocenters. The Balaban J connectivity index is 1.75. The highest BCUT2D eigenvalue weighted by Gasteiger charge is 2.49. The largest absolute Gasteiger partial charge is 0.325 e. The van der Waals surface area contributed by atoms with Gasteiger partial charge in [-0.3, -0.25) is 10.1 Å². The molecule has 1 heterocycles. The lowest BCUT2D eigenvalue weighted by atomic mass is 9.99. The molecule has 3 rings (SSSR count). The summed E-state index contributed by atoms with van der Waals surface area (Å²) >= 11 is 0. The van der Waals surface area contributed by atoms with Gasteiger partial charge in [0.2, 0.25) is 5.91 Å². The number of carbonyl (C=O) groups is 1. The summed E-state index contributed by atoms with van der Waals surface area (Å²) in [5, 5.41) is 3.71. The first kappa shape index (κ1) is 14.4. The molecule has 0 radical (unpaired) electrons. The SMILES string of the molecule is CCC1(C)NC(C2CCCC2)N(CC2CCCC2)C1=O. The van der Waals surface area contributed by atoms with E-state index in [4.69, 9.17) is 0 Å². The Hall–Kier alpha value is -0.570. The fourth-order valence-corrected chi connectivity index (χ4v) is 4.48. The summed E-state index contributed by atoms with van der Waals surface area (Å²) in [5.74, 6) is 1.81. The molecule has 1 saturated heterocycles. The monoisotopic (exact) mass is 278 g/mol. The molecule has 3 fully saturated rings. The lowest BCUT2D eigenvalue weighted by molar-refractivity contribution is -0.134. The van der Waals surface area contributed by atoms with Gasteiger partial charge in [-0.05, 0) is 50.9 Å². The summed E-state index contributed by atoms with van der Waals surface area (Å²) in [5.41, 5.74) is -0.314. The fourth-order valence-electron chi connectivity index (χ4n) is 4.48.